The van der Waals surface area contributed by atoms with Crippen molar-refractivity contribution >= 4 is 23.8 Å². The molecule has 68 valence electrons. The average Bonchev–Trinajstić information content (AvgIpc) is 2.16. The maximum Gasteiger partial charge on any atom is 0.284 e. The van der Waals surface area contributed by atoms with Gasteiger partial charge in [-0.15, -0.1) is 0 Å². The van der Waals surface area contributed by atoms with Crippen LogP contribution in [0.4, 0.5) is 0 Å². The zero-order valence-corrected chi connectivity index (χ0v) is 7.21. The molecule has 1 rings (SSSR count). The fourth-order valence-electron chi connectivity index (χ4n) is 0.791. The molecule has 6 heteroatoms. The molecule has 3 N–H and O–H groups in total. The van der Waals surface area contributed by atoms with E-state index in [1.54, 1.807) is 0 Å². The van der Waals surface area contributed by atoms with E-state index in [1.165, 1.54) is 12.1 Å². The van der Waals surface area contributed by atoms with Crippen molar-refractivity contribution in [1.82, 2.24) is 10.4 Å². The van der Waals surface area contributed by atoms with Gasteiger partial charge in [0.05, 0.1) is 0 Å². The summed E-state index contributed by atoms with van der Waals surface area (Å²) in [6, 6.07) is 2.81. The number of nitrogen functional groups attached to an aromatic ring is 1. The highest BCUT2D eigenvalue weighted by Gasteiger charge is 2.11. The van der Waals surface area contributed by atoms with Crippen molar-refractivity contribution in [2.24, 2.45) is 5.84 Å². The first-order valence-electron chi connectivity index (χ1n) is 3.31. The number of pyridine rings is 1. The van der Waals surface area contributed by atoms with Crippen LogP contribution in [0.1, 0.15) is 20.8 Å². The number of carbonyl (C=O) groups excluding carboxylic acids is 2. The number of hydrogen-bond acceptors (Lipinski definition) is 4. The molecule has 0 aliphatic rings. The van der Waals surface area contributed by atoms with Crippen molar-refractivity contribution < 1.29 is 9.59 Å². The molecule has 0 aliphatic heterocycles. The van der Waals surface area contributed by atoms with E-state index in [2.05, 4.69) is 4.98 Å². The molecule has 0 bridgehead atoms. The minimum atomic E-state index is -0.649. The second-order valence-corrected chi connectivity index (χ2v) is 2.55. The van der Waals surface area contributed by atoms with Crippen LogP contribution in [0.5, 0.6) is 0 Å². The Morgan fingerprint density at radius 1 is 1.62 bits per heavy atom. The molecule has 0 atom stereocenters. The molecule has 0 aromatic carbocycles. The molecule has 0 saturated heterocycles. The lowest BCUT2D eigenvalue weighted by molar-refractivity contribution is 0.0943. The lowest BCUT2D eigenvalue weighted by Crippen LogP contribution is -2.31. The molecule has 0 unspecified atom stereocenters. The number of nitrogens with one attached hydrogen (secondary N) is 1. The molecule has 0 saturated carbocycles. The second kappa shape index (κ2) is 3.97. The van der Waals surface area contributed by atoms with Gasteiger partial charge >= 0.3 is 0 Å². The molecule has 1 aromatic rings. The number of hydrogen-bond donors (Lipinski definition) is 2. The van der Waals surface area contributed by atoms with E-state index in [0.717, 1.165) is 0 Å². The van der Waals surface area contributed by atoms with Crippen LogP contribution in [0.15, 0.2) is 12.1 Å². The molecule has 0 spiro atoms. The predicted octanol–water partition coefficient (Wildman–Crippen LogP) is 0.151. The van der Waals surface area contributed by atoms with Crippen molar-refractivity contribution in [3.8, 4) is 0 Å². The second-order valence-electron chi connectivity index (χ2n) is 2.16. The normalized spacial score (nSPS) is 9.38. The van der Waals surface area contributed by atoms with Crippen LogP contribution >= 0.6 is 11.6 Å². The summed E-state index contributed by atoms with van der Waals surface area (Å²) in [4.78, 5) is 25.1. The van der Waals surface area contributed by atoms with Crippen LogP contribution in [0.3, 0.4) is 0 Å². The molecule has 0 aliphatic carbocycles. The number of carbonyl (C=O) groups is 2. The van der Waals surface area contributed by atoms with Crippen molar-refractivity contribution in [3.05, 3.63) is 28.5 Å². The third-order valence-corrected chi connectivity index (χ3v) is 1.58. The molecule has 13 heavy (non-hydrogen) atoms. The maximum absolute atomic E-state index is 11.0. The van der Waals surface area contributed by atoms with Crippen LogP contribution in [0, 0.1) is 0 Å². The van der Waals surface area contributed by atoms with Gasteiger partial charge in [-0.05, 0) is 12.1 Å². The number of nitrogens with two attached hydrogens (primary N) is 1. The first kappa shape index (κ1) is 9.63. The van der Waals surface area contributed by atoms with E-state index in [0.29, 0.717) is 6.29 Å². The van der Waals surface area contributed by atoms with E-state index in [9.17, 15) is 9.59 Å². The van der Waals surface area contributed by atoms with Crippen LogP contribution in [0.25, 0.3) is 0 Å². The van der Waals surface area contributed by atoms with Gasteiger partial charge in [-0.1, -0.05) is 11.6 Å². The lowest BCUT2D eigenvalue weighted by atomic mass is 10.2. The van der Waals surface area contributed by atoms with Gasteiger partial charge in [-0.3, -0.25) is 15.0 Å². The molecular formula is C7H6ClN3O2. The smallest absolute Gasteiger partial charge is 0.284 e. The quantitative estimate of drug-likeness (QED) is 0.234. The summed E-state index contributed by atoms with van der Waals surface area (Å²) in [6.45, 7) is 0. The summed E-state index contributed by atoms with van der Waals surface area (Å²) in [6.07, 6.45) is 0.508. The van der Waals surface area contributed by atoms with Crippen LogP contribution in [0.2, 0.25) is 5.15 Å². The zero-order chi connectivity index (χ0) is 9.84. The highest BCUT2D eigenvalue weighted by atomic mass is 35.5. The Balaban J connectivity index is 3.23. The summed E-state index contributed by atoms with van der Waals surface area (Å²) in [7, 11) is 0. The number of hydrazine groups is 1. The summed E-state index contributed by atoms with van der Waals surface area (Å²) >= 11 is 5.53. The maximum atomic E-state index is 11.0. The summed E-state index contributed by atoms with van der Waals surface area (Å²) in [5.41, 5.74) is 1.93. The minimum Gasteiger partial charge on any atom is -0.298 e. The summed E-state index contributed by atoms with van der Waals surface area (Å²) < 4.78 is 0. The van der Waals surface area contributed by atoms with Gasteiger partial charge in [0.25, 0.3) is 5.91 Å². The number of aldehydes is 1. The van der Waals surface area contributed by atoms with E-state index in [-0.39, 0.29) is 16.4 Å². The molecule has 1 amide bonds. The van der Waals surface area contributed by atoms with Gasteiger partial charge in [0.2, 0.25) is 0 Å². The highest BCUT2D eigenvalue weighted by molar-refractivity contribution is 6.29. The van der Waals surface area contributed by atoms with Gasteiger partial charge in [-0.25, -0.2) is 10.8 Å². The fourth-order valence-corrected chi connectivity index (χ4v) is 0.939. The Bertz CT molecular complexity index is 354. The van der Waals surface area contributed by atoms with Gasteiger partial charge in [-0.2, -0.15) is 0 Å². The van der Waals surface area contributed by atoms with Crippen molar-refractivity contribution in [2.75, 3.05) is 0 Å². The first-order valence-corrected chi connectivity index (χ1v) is 3.69. The zero-order valence-electron chi connectivity index (χ0n) is 6.45. The van der Waals surface area contributed by atoms with Crippen LogP contribution < -0.4 is 11.3 Å². The summed E-state index contributed by atoms with van der Waals surface area (Å²) in [5, 5.41) is 0.129. The third-order valence-electron chi connectivity index (χ3n) is 1.37. The third kappa shape index (κ3) is 2.01. The summed E-state index contributed by atoms with van der Waals surface area (Å²) in [5.74, 6) is 4.23. The molecule has 1 aromatic heterocycles. The number of halogens is 1. The van der Waals surface area contributed by atoms with Crippen LogP contribution in [-0.4, -0.2) is 17.2 Å². The van der Waals surface area contributed by atoms with E-state index in [1.807, 2.05) is 5.43 Å². The number of rotatable bonds is 2. The largest absolute Gasteiger partial charge is 0.298 e. The molecule has 5 nitrogen and oxygen atoms in total. The van der Waals surface area contributed by atoms with Gasteiger partial charge in [0, 0.05) is 5.56 Å². The first-order chi connectivity index (χ1) is 6.19. The number of aromatic nitrogens is 1. The Kier molecular flexibility index (Phi) is 2.94. The minimum absolute atomic E-state index is 0.0787. The van der Waals surface area contributed by atoms with Gasteiger partial charge < -0.3 is 0 Å². The predicted molar refractivity (Wildman–Crippen MR) is 46.3 cm³/mol. The Morgan fingerprint density at radius 2 is 2.31 bits per heavy atom. The van der Waals surface area contributed by atoms with E-state index in [4.69, 9.17) is 17.4 Å². The number of amides is 1. The van der Waals surface area contributed by atoms with Gasteiger partial charge in [0.15, 0.2) is 6.29 Å². The number of nitrogens with zero attached hydrogens (tertiary/aromatic N) is 1. The monoisotopic (exact) mass is 199 g/mol. The molecule has 0 fully saturated rings. The Morgan fingerprint density at radius 3 is 2.85 bits per heavy atom. The molecule has 0 radical (unpaired) electrons. The SMILES string of the molecule is NNC(=O)c1nc(Cl)ccc1C=O. The molecule has 1 heterocycles. The Hall–Kier alpha value is -1.46. The van der Waals surface area contributed by atoms with Crippen LogP contribution in [-0.2, 0) is 0 Å². The molecular weight excluding hydrogens is 194 g/mol. The standard InChI is InChI=1S/C7H6ClN3O2/c8-5-2-1-4(3-12)6(10-5)7(13)11-9/h1-3H,9H2,(H,11,13). The lowest BCUT2D eigenvalue weighted by Gasteiger charge is -2.01. The topological polar surface area (TPSA) is 85.1 Å². The average molecular weight is 200 g/mol. The fraction of sp³-hybridized carbons (Fsp3) is 0. The highest BCUT2D eigenvalue weighted by Crippen LogP contribution is 2.09. The van der Waals surface area contributed by atoms with Crippen molar-refractivity contribution in [1.29, 1.82) is 0 Å². The van der Waals surface area contributed by atoms with Gasteiger partial charge in [0.1, 0.15) is 10.8 Å². The van der Waals surface area contributed by atoms with Crippen molar-refractivity contribution in [2.45, 2.75) is 0 Å². The Labute approximate surface area is 78.9 Å². The van der Waals surface area contributed by atoms with Crippen molar-refractivity contribution in [3.63, 3.8) is 0 Å². The van der Waals surface area contributed by atoms with E-state index < -0.39 is 5.91 Å². The van der Waals surface area contributed by atoms with E-state index >= 15 is 0 Å².